The zero-order valence-electron chi connectivity index (χ0n) is 8.23. The van der Waals surface area contributed by atoms with E-state index in [4.69, 9.17) is 5.11 Å². The van der Waals surface area contributed by atoms with Crippen LogP contribution in [0.4, 0.5) is 8.78 Å². The zero-order chi connectivity index (χ0) is 12.1. The highest BCUT2D eigenvalue weighted by atomic mass is 32.2. The van der Waals surface area contributed by atoms with E-state index < -0.39 is 28.9 Å². The van der Waals surface area contributed by atoms with Crippen molar-refractivity contribution in [1.82, 2.24) is 0 Å². The van der Waals surface area contributed by atoms with Gasteiger partial charge in [-0.3, -0.25) is 9.00 Å². The first-order valence-corrected chi connectivity index (χ1v) is 5.78. The Morgan fingerprint density at radius 1 is 1.31 bits per heavy atom. The summed E-state index contributed by atoms with van der Waals surface area (Å²) in [6, 6.07) is 5.78. The van der Waals surface area contributed by atoms with Crippen LogP contribution in [0.1, 0.15) is 5.56 Å². The van der Waals surface area contributed by atoms with Gasteiger partial charge in [0.05, 0.1) is 23.0 Å². The first-order valence-electron chi connectivity index (χ1n) is 4.46. The summed E-state index contributed by atoms with van der Waals surface area (Å²) in [6.07, 6.45) is -2.75. The second-order valence-electron chi connectivity index (χ2n) is 3.12. The fraction of sp³-hybridized carbons (Fsp3) is 0.300. The second kappa shape index (κ2) is 5.69. The lowest BCUT2D eigenvalue weighted by Gasteiger charge is -2.02. The van der Waals surface area contributed by atoms with Gasteiger partial charge < -0.3 is 5.11 Å². The molecule has 1 rings (SSSR count). The fourth-order valence-corrected chi connectivity index (χ4v) is 2.01. The normalized spacial score (nSPS) is 12.7. The number of rotatable bonds is 5. The number of carboxylic acid groups (broad SMARTS) is 1. The van der Waals surface area contributed by atoms with Crippen LogP contribution in [-0.2, 0) is 22.0 Å². The Balaban J connectivity index is 2.71. The van der Waals surface area contributed by atoms with Crippen molar-refractivity contribution in [2.75, 3.05) is 5.75 Å². The Labute approximate surface area is 93.6 Å². The number of halogens is 2. The molecule has 0 fully saturated rings. The van der Waals surface area contributed by atoms with Crippen molar-refractivity contribution in [3.8, 4) is 0 Å². The largest absolute Gasteiger partial charge is 0.481 e. The smallest absolute Gasteiger partial charge is 0.307 e. The van der Waals surface area contributed by atoms with Crippen LogP contribution in [0.5, 0.6) is 0 Å². The van der Waals surface area contributed by atoms with Gasteiger partial charge in [-0.2, -0.15) is 0 Å². The van der Waals surface area contributed by atoms with Gasteiger partial charge in [0, 0.05) is 4.90 Å². The van der Waals surface area contributed by atoms with Crippen LogP contribution in [0.2, 0.25) is 0 Å². The van der Waals surface area contributed by atoms with Crippen molar-refractivity contribution in [1.29, 1.82) is 0 Å². The quantitative estimate of drug-likeness (QED) is 0.862. The number of alkyl halides is 2. The first kappa shape index (κ1) is 12.8. The van der Waals surface area contributed by atoms with Gasteiger partial charge in [-0.05, 0) is 17.7 Å². The molecule has 0 spiro atoms. The summed E-state index contributed by atoms with van der Waals surface area (Å²) in [6.45, 7) is 0. The molecule has 6 heteroatoms. The summed E-state index contributed by atoms with van der Waals surface area (Å²) >= 11 is 0. The first-order chi connectivity index (χ1) is 7.49. The lowest BCUT2D eigenvalue weighted by atomic mass is 10.2. The minimum atomic E-state index is -2.61. The van der Waals surface area contributed by atoms with Gasteiger partial charge in [0.2, 0.25) is 6.43 Å². The van der Waals surface area contributed by atoms with Gasteiger partial charge in [-0.15, -0.1) is 0 Å². The third kappa shape index (κ3) is 4.06. The van der Waals surface area contributed by atoms with Crippen molar-refractivity contribution >= 4 is 16.8 Å². The van der Waals surface area contributed by atoms with Crippen LogP contribution in [0.3, 0.4) is 0 Å². The van der Waals surface area contributed by atoms with E-state index in [0.717, 1.165) is 0 Å². The lowest BCUT2D eigenvalue weighted by molar-refractivity contribution is -0.136. The zero-order valence-corrected chi connectivity index (χ0v) is 9.05. The van der Waals surface area contributed by atoms with E-state index in [9.17, 15) is 17.8 Å². The molecule has 0 amide bonds. The summed E-state index contributed by atoms with van der Waals surface area (Å²) in [7, 11) is -1.73. The Kier molecular flexibility index (Phi) is 4.54. The number of carboxylic acids is 1. The molecule has 0 aliphatic carbocycles. The molecule has 1 aromatic carbocycles. The van der Waals surface area contributed by atoms with E-state index >= 15 is 0 Å². The van der Waals surface area contributed by atoms with Crippen molar-refractivity contribution in [3.05, 3.63) is 29.8 Å². The Bertz CT molecular complexity index is 390. The maximum atomic E-state index is 12.0. The monoisotopic (exact) mass is 248 g/mol. The molecule has 0 radical (unpaired) electrons. The van der Waals surface area contributed by atoms with Crippen molar-refractivity contribution in [3.63, 3.8) is 0 Å². The molecule has 0 saturated carbocycles. The van der Waals surface area contributed by atoms with Gasteiger partial charge in [0.25, 0.3) is 0 Å². The molecule has 0 saturated heterocycles. The van der Waals surface area contributed by atoms with Crippen LogP contribution in [0, 0.1) is 0 Å². The summed E-state index contributed by atoms with van der Waals surface area (Å²) < 4.78 is 35.2. The molecule has 88 valence electrons. The average molecular weight is 248 g/mol. The number of carbonyl (C=O) groups is 1. The third-order valence-corrected chi connectivity index (χ3v) is 3.17. The second-order valence-corrected chi connectivity index (χ2v) is 4.61. The highest BCUT2D eigenvalue weighted by Gasteiger charge is 2.11. The molecule has 0 aliphatic rings. The van der Waals surface area contributed by atoms with Gasteiger partial charge >= 0.3 is 5.97 Å². The topological polar surface area (TPSA) is 54.4 Å². The fourth-order valence-electron chi connectivity index (χ4n) is 1.14. The van der Waals surface area contributed by atoms with Crippen molar-refractivity contribution in [2.24, 2.45) is 0 Å². The third-order valence-electron chi connectivity index (χ3n) is 1.82. The summed E-state index contributed by atoms with van der Waals surface area (Å²) in [5.74, 6) is -1.67. The molecule has 0 bridgehead atoms. The standard InChI is InChI=1S/C10H10F2O3S/c11-9(12)6-16(15)8-3-1-7(2-4-8)5-10(13)14/h1-4,9H,5-6H2,(H,13,14)/t16-/m0/s1. The molecule has 1 aromatic rings. The van der Waals surface area contributed by atoms with Crippen LogP contribution in [-0.4, -0.2) is 27.5 Å². The van der Waals surface area contributed by atoms with Crippen LogP contribution in [0.25, 0.3) is 0 Å². The van der Waals surface area contributed by atoms with Gasteiger partial charge in [0.1, 0.15) is 0 Å². The maximum absolute atomic E-state index is 12.0. The lowest BCUT2D eigenvalue weighted by Crippen LogP contribution is -2.07. The molecular formula is C10H10F2O3S. The minimum absolute atomic E-state index is 0.137. The molecule has 1 atom stereocenters. The van der Waals surface area contributed by atoms with Crippen LogP contribution >= 0.6 is 0 Å². The van der Waals surface area contributed by atoms with Crippen LogP contribution < -0.4 is 0 Å². The van der Waals surface area contributed by atoms with E-state index in [-0.39, 0.29) is 11.3 Å². The maximum Gasteiger partial charge on any atom is 0.307 e. The predicted octanol–water partition coefficient (Wildman–Crippen LogP) is 1.69. The Hall–Kier alpha value is -1.30. The van der Waals surface area contributed by atoms with Crippen molar-refractivity contribution in [2.45, 2.75) is 17.7 Å². The van der Waals surface area contributed by atoms with E-state index in [1.165, 1.54) is 24.3 Å². The summed E-state index contributed by atoms with van der Waals surface area (Å²) in [4.78, 5) is 10.7. The van der Waals surface area contributed by atoms with Gasteiger partial charge in [-0.1, -0.05) is 12.1 Å². The van der Waals surface area contributed by atoms with E-state index in [0.29, 0.717) is 5.56 Å². The number of hydrogen-bond acceptors (Lipinski definition) is 2. The molecule has 16 heavy (non-hydrogen) atoms. The molecule has 0 heterocycles. The minimum Gasteiger partial charge on any atom is -0.481 e. The SMILES string of the molecule is O=C(O)Cc1ccc([S@@](=O)CC(F)F)cc1. The van der Waals surface area contributed by atoms with Gasteiger partial charge in [0.15, 0.2) is 0 Å². The van der Waals surface area contributed by atoms with E-state index in [1.54, 1.807) is 0 Å². The van der Waals surface area contributed by atoms with Crippen LogP contribution in [0.15, 0.2) is 29.2 Å². The molecule has 1 N–H and O–H groups in total. The number of hydrogen-bond donors (Lipinski definition) is 1. The Morgan fingerprint density at radius 2 is 1.88 bits per heavy atom. The molecule has 0 aliphatic heterocycles. The predicted molar refractivity (Wildman–Crippen MR) is 55.1 cm³/mol. The molecule has 0 unspecified atom stereocenters. The number of benzene rings is 1. The van der Waals surface area contributed by atoms with E-state index in [2.05, 4.69) is 0 Å². The summed E-state index contributed by atoms with van der Waals surface area (Å²) in [5.41, 5.74) is 0.547. The molecular weight excluding hydrogens is 238 g/mol. The van der Waals surface area contributed by atoms with E-state index in [1.807, 2.05) is 0 Å². The highest BCUT2D eigenvalue weighted by molar-refractivity contribution is 7.85. The van der Waals surface area contributed by atoms with Crippen molar-refractivity contribution < 1.29 is 22.9 Å². The highest BCUT2D eigenvalue weighted by Crippen LogP contribution is 2.11. The number of aliphatic carboxylic acids is 1. The Morgan fingerprint density at radius 3 is 2.31 bits per heavy atom. The summed E-state index contributed by atoms with van der Waals surface area (Å²) in [5, 5.41) is 8.51. The molecule has 0 aromatic heterocycles. The molecule has 3 nitrogen and oxygen atoms in total. The average Bonchev–Trinajstić information content (AvgIpc) is 2.16. The van der Waals surface area contributed by atoms with Gasteiger partial charge in [-0.25, -0.2) is 8.78 Å².